The molecule has 0 saturated heterocycles. The lowest BCUT2D eigenvalue weighted by atomic mass is 9.47. The molecule has 0 amide bonds. The summed E-state index contributed by atoms with van der Waals surface area (Å²) >= 11 is 0. The molecule has 4 nitrogen and oxygen atoms in total. The quantitative estimate of drug-likeness (QED) is 0.718. The summed E-state index contributed by atoms with van der Waals surface area (Å²) in [6, 6.07) is 0. The number of hydrogen-bond acceptors (Lipinski definition) is 4. The van der Waals surface area contributed by atoms with Gasteiger partial charge >= 0.3 is 5.97 Å². The zero-order valence-electron chi connectivity index (χ0n) is 15.3. The van der Waals surface area contributed by atoms with Crippen LogP contribution >= 0.6 is 0 Å². The van der Waals surface area contributed by atoms with Crippen LogP contribution in [0, 0.1) is 28.6 Å². The van der Waals surface area contributed by atoms with E-state index in [1.54, 1.807) is 0 Å². The predicted octanol–water partition coefficient (Wildman–Crippen LogP) is 3.63. The molecule has 0 aliphatic heterocycles. The van der Waals surface area contributed by atoms with Crippen molar-refractivity contribution in [3.8, 4) is 0 Å². The molecule has 5 atom stereocenters. The Kier molecular flexibility index (Phi) is 3.93. The van der Waals surface area contributed by atoms with E-state index in [1.165, 1.54) is 25.5 Å². The fourth-order valence-corrected chi connectivity index (χ4v) is 6.68. The van der Waals surface area contributed by atoms with E-state index in [2.05, 4.69) is 6.92 Å². The zero-order chi connectivity index (χ0) is 17.8. The maximum Gasteiger partial charge on any atom is 0.306 e. The Morgan fingerprint density at radius 1 is 1.16 bits per heavy atom. The van der Waals surface area contributed by atoms with E-state index in [-0.39, 0.29) is 41.2 Å². The number of fused-ring (bicyclic) bond motifs is 5. The second-order valence-electron chi connectivity index (χ2n) is 8.84. The van der Waals surface area contributed by atoms with Crippen LogP contribution in [-0.4, -0.2) is 24.6 Å². The van der Waals surface area contributed by atoms with Gasteiger partial charge in [-0.2, -0.15) is 0 Å². The topological polar surface area (TPSA) is 60.4 Å². The lowest BCUT2D eigenvalue weighted by molar-refractivity contribution is -0.154. The Morgan fingerprint density at radius 3 is 2.72 bits per heavy atom. The van der Waals surface area contributed by atoms with Gasteiger partial charge in [-0.1, -0.05) is 18.9 Å². The van der Waals surface area contributed by atoms with Crippen molar-refractivity contribution >= 4 is 17.5 Å². The molecule has 0 N–H and O–H groups in total. The minimum atomic E-state index is -0.652. The van der Waals surface area contributed by atoms with E-state index in [0.29, 0.717) is 12.3 Å². The Balaban J connectivity index is 1.74. The van der Waals surface area contributed by atoms with Crippen LogP contribution in [0.1, 0.15) is 64.7 Å². The first-order chi connectivity index (χ1) is 11.9. The minimum Gasteiger partial charge on any atom is -0.469 e. The highest BCUT2D eigenvalue weighted by atomic mass is 16.5. The third kappa shape index (κ3) is 2.29. The summed E-state index contributed by atoms with van der Waals surface area (Å²) in [4.78, 5) is 37.9. The first kappa shape index (κ1) is 17.0. The van der Waals surface area contributed by atoms with Gasteiger partial charge in [-0.05, 0) is 61.9 Å². The van der Waals surface area contributed by atoms with E-state index < -0.39 is 5.41 Å². The van der Waals surface area contributed by atoms with Crippen molar-refractivity contribution in [1.29, 1.82) is 0 Å². The highest BCUT2D eigenvalue weighted by Gasteiger charge is 2.62. The van der Waals surface area contributed by atoms with E-state index >= 15 is 0 Å². The molecule has 0 spiro atoms. The Hall–Kier alpha value is -1.45. The van der Waals surface area contributed by atoms with Crippen LogP contribution in [0.2, 0.25) is 0 Å². The molecule has 3 fully saturated rings. The number of carbonyl (C=O) groups excluding carboxylic acids is 3. The standard InChI is InChI=1S/C21H28O4/c1-20-9-4-3-5-13(20)11-16(22)19-14(20)8-10-21(12-18(24)25-2)15(19)6-7-17(21)23/h11,14-15,19H,3-10,12H2,1-2H3/t14-,15-,19+,20-,21+/m0/s1. The van der Waals surface area contributed by atoms with Gasteiger partial charge in [0, 0.05) is 17.8 Å². The van der Waals surface area contributed by atoms with Gasteiger partial charge in [0.2, 0.25) is 0 Å². The van der Waals surface area contributed by atoms with Gasteiger partial charge in [0.05, 0.1) is 13.5 Å². The number of ketones is 2. The summed E-state index contributed by atoms with van der Waals surface area (Å²) in [6.07, 6.45) is 9.54. The number of methoxy groups -OCH3 is 1. The number of carbonyl (C=O) groups is 3. The van der Waals surface area contributed by atoms with E-state index in [9.17, 15) is 14.4 Å². The molecular weight excluding hydrogens is 316 g/mol. The van der Waals surface area contributed by atoms with Gasteiger partial charge in [0.1, 0.15) is 5.78 Å². The summed E-state index contributed by atoms with van der Waals surface area (Å²) in [5.74, 6) is 0.341. The lowest BCUT2D eigenvalue weighted by Gasteiger charge is -2.55. The molecule has 3 saturated carbocycles. The molecule has 0 unspecified atom stereocenters. The van der Waals surface area contributed by atoms with E-state index in [4.69, 9.17) is 4.74 Å². The molecule has 4 heteroatoms. The molecule has 0 aromatic heterocycles. The van der Waals surface area contributed by atoms with Gasteiger partial charge in [0.15, 0.2) is 5.78 Å². The molecule has 0 aromatic rings. The summed E-state index contributed by atoms with van der Waals surface area (Å²) in [5, 5.41) is 0. The van der Waals surface area contributed by atoms with Crippen molar-refractivity contribution in [1.82, 2.24) is 0 Å². The summed E-state index contributed by atoms with van der Waals surface area (Å²) in [7, 11) is 1.38. The number of esters is 1. The van der Waals surface area contributed by atoms with Crippen LogP contribution in [0.15, 0.2) is 11.6 Å². The van der Waals surface area contributed by atoms with E-state index in [1.807, 2.05) is 6.08 Å². The van der Waals surface area contributed by atoms with Gasteiger partial charge in [-0.25, -0.2) is 0 Å². The Labute approximate surface area is 149 Å². The monoisotopic (exact) mass is 344 g/mol. The number of ether oxygens (including phenoxy) is 1. The SMILES string of the molecule is COC(=O)C[C@]12CC[C@H]3[C@@H](C(=O)C=C4CCCC[C@@]43C)[C@@H]1CCC2=O. The van der Waals surface area contributed by atoms with Crippen molar-refractivity contribution in [3.63, 3.8) is 0 Å². The molecule has 136 valence electrons. The molecule has 4 aliphatic rings. The average molecular weight is 344 g/mol. The third-order valence-corrected chi connectivity index (χ3v) is 7.99. The molecular formula is C21H28O4. The fourth-order valence-electron chi connectivity index (χ4n) is 6.68. The van der Waals surface area contributed by atoms with Crippen LogP contribution in [0.5, 0.6) is 0 Å². The second-order valence-corrected chi connectivity index (χ2v) is 8.84. The number of Topliss-reactive ketones (excluding diaryl/α,β-unsaturated/α-hetero) is 1. The maximum absolute atomic E-state index is 13.1. The van der Waals surface area contributed by atoms with Gasteiger partial charge in [0.25, 0.3) is 0 Å². The van der Waals surface area contributed by atoms with Crippen molar-refractivity contribution in [2.24, 2.45) is 28.6 Å². The van der Waals surface area contributed by atoms with Gasteiger partial charge in [-0.3, -0.25) is 14.4 Å². The summed E-state index contributed by atoms with van der Waals surface area (Å²) in [5.41, 5.74) is 0.801. The molecule has 0 heterocycles. The highest BCUT2D eigenvalue weighted by Crippen LogP contribution is 2.64. The molecule has 25 heavy (non-hydrogen) atoms. The number of hydrogen-bond donors (Lipinski definition) is 0. The first-order valence-electron chi connectivity index (χ1n) is 9.77. The van der Waals surface area contributed by atoms with E-state index in [0.717, 1.165) is 32.1 Å². The molecule has 0 bridgehead atoms. The van der Waals surface area contributed by atoms with Crippen molar-refractivity contribution in [3.05, 3.63) is 11.6 Å². The zero-order valence-corrected chi connectivity index (χ0v) is 15.3. The molecule has 0 radical (unpaired) electrons. The smallest absolute Gasteiger partial charge is 0.306 e. The summed E-state index contributed by atoms with van der Waals surface area (Å²) < 4.78 is 4.88. The first-order valence-corrected chi connectivity index (χ1v) is 9.77. The Morgan fingerprint density at radius 2 is 1.96 bits per heavy atom. The van der Waals surface area contributed by atoms with Crippen molar-refractivity contribution < 1.29 is 19.1 Å². The van der Waals surface area contributed by atoms with Gasteiger partial charge in [-0.15, -0.1) is 0 Å². The second kappa shape index (κ2) is 5.78. The van der Waals surface area contributed by atoms with Crippen molar-refractivity contribution in [2.45, 2.75) is 64.7 Å². The molecule has 0 aromatic carbocycles. The largest absolute Gasteiger partial charge is 0.469 e. The van der Waals surface area contributed by atoms with Crippen LogP contribution in [0.4, 0.5) is 0 Å². The van der Waals surface area contributed by atoms with Crippen LogP contribution in [0.25, 0.3) is 0 Å². The van der Waals surface area contributed by atoms with Gasteiger partial charge < -0.3 is 4.74 Å². The van der Waals surface area contributed by atoms with Crippen LogP contribution in [-0.2, 0) is 19.1 Å². The third-order valence-electron chi connectivity index (χ3n) is 7.99. The lowest BCUT2D eigenvalue weighted by Crippen LogP contribution is -2.54. The normalized spacial score (nSPS) is 43.0. The highest BCUT2D eigenvalue weighted by molar-refractivity contribution is 5.97. The number of rotatable bonds is 2. The minimum absolute atomic E-state index is 0.0156. The van der Waals surface area contributed by atoms with Crippen molar-refractivity contribution in [2.75, 3.05) is 7.11 Å². The Bertz CT molecular complexity index is 663. The predicted molar refractivity (Wildman–Crippen MR) is 92.7 cm³/mol. The number of allylic oxidation sites excluding steroid dienone is 2. The molecule has 4 rings (SSSR count). The summed E-state index contributed by atoms with van der Waals surface area (Å²) in [6.45, 7) is 2.34. The van der Waals surface area contributed by atoms with Crippen LogP contribution in [0.3, 0.4) is 0 Å². The van der Waals surface area contributed by atoms with Crippen LogP contribution < -0.4 is 0 Å². The fraction of sp³-hybridized carbons (Fsp3) is 0.762. The maximum atomic E-state index is 13.1. The molecule has 4 aliphatic carbocycles. The average Bonchev–Trinajstić information content (AvgIpc) is 2.92.